The standard InChI is InChI=1S/C15H14Cl2O2/c1-19-9-10-4-2-5-11(8-10)15(18)12-6-3-7-13(16)14(12)17/h2-8,15,18H,9H2,1H3. The summed E-state index contributed by atoms with van der Waals surface area (Å²) >= 11 is 12.1. The lowest BCUT2D eigenvalue weighted by Crippen LogP contribution is -2.02. The molecule has 1 atom stereocenters. The number of halogens is 2. The zero-order chi connectivity index (χ0) is 13.8. The third-order valence-electron chi connectivity index (χ3n) is 2.85. The molecule has 2 nitrogen and oxygen atoms in total. The first-order valence-corrected chi connectivity index (χ1v) is 6.59. The predicted octanol–water partition coefficient (Wildman–Crippen LogP) is 4.22. The second-order valence-corrected chi connectivity index (χ2v) is 5.01. The van der Waals surface area contributed by atoms with E-state index in [2.05, 4.69) is 0 Å². The molecule has 0 aliphatic carbocycles. The molecule has 1 N–H and O–H groups in total. The third kappa shape index (κ3) is 3.28. The fourth-order valence-electron chi connectivity index (χ4n) is 1.93. The van der Waals surface area contributed by atoms with Crippen molar-refractivity contribution in [3.63, 3.8) is 0 Å². The average Bonchev–Trinajstić information content (AvgIpc) is 2.42. The topological polar surface area (TPSA) is 29.5 Å². The third-order valence-corrected chi connectivity index (χ3v) is 3.69. The molecule has 0 radical (unpaired) electrons. The number of ether oxygens (including phenoxy) is 1. The molecule has 0 saturated heterocycles. The highest BCUT2D eigenvalue weighted by Crippen LogP contribution is 2.33. The fourth-order valence-corrected chi connectivity index (χ4v) is 2.34. The summed E-state index contributed by atoms with van der Waals surface area (Å²) in [5.41, 5.74) is 2.36. The molecule has 2 aromatic rings. The van der Waals surface area contributed by atoms with Crippen molar-refractivity contribution < 1.29 is 9.84 Å². The molecule has 2 rings (SSSR count). The lowest BCUT2D eigenvalue weighted by atomic mass is 10.00. The molecular weight excluding hydrogens is 283 g/mol. The van der Waals surface area contributed by atoms with Gasteiger partial charge < -0.3 is 9.84 Å². The van der Waals surface area contributed by atoms with E-state index in [1.54, 1.807) is 25.3 Å². The second kappa shape index (κ2) is 6.40. The van der Waals surface area contributed by atoms with E-state index in [1.807, 2.05) is 24.3 Å². The minimum Gasteiger partial charge on any atom is -0.384 e. The van der Waals surface area contributed by atoms with Gasteiger partial charge in [0.1, 0.15) is 6.10 Å². The highest BCUT2D eigenvalue weighted by molar-refractivity contribution is 6.42. The Labute approximate surface area is 122 Å². The van der Waals surface area contributed by atoms with Gasteiger partial charge in [0.15, 0.2) is 0 Å². The summed E-state index contributed by atoms with van der Waals surface area (Å²) in [4.78, 5) is 0. The molecule has 4 heteroatoms. The van der Waals surface area contributed by atoms with Gasteiger partial charge >= 0.3 is 0 Å². The maximum Gasteiger partial charge on any atom is 0.106 e. The van der Waals surface area contributed by atoms with Crippen molar-refractivity contribution in [1.29, 1.82) is 0 Å². The zero-order valence-electron chi connectivity index (χ0n) is 10.4. The Balaban J connectivity index is 2.35. The lowest BCUT2D eigenvalue weighted by molar-refractivity contribution is 0.184. The summed E-state index contributed by atoms with van der Waals surface area (Å²) in [7, 11) is 1.64. The van der Waals surface area contributed by atoms with E-state index in [1.165, 1.54) is 0 Å². The first-order valence-electron chi connectivity index (χ1n) is 5.83. The van der Waals surface area contributed by atoms with Gasteiger partial charge in [-0.25, -0.2) is 0 Å². The van der Waals surface area contributed by atoms with Crippen LogP contribution in [-0.2, 0) is 11.3 Å². The van der Waals surface area contributed by atoms with E-state index in [9.17, 15) is 5.11 Å². The summed E-state index contributed by atoms with van der Waals surface area (Å²) < 4.78 is 5.08. The monoisotopic (exact) mass is 296 g/mol. The van der Waals surface area contributed by atoms with Gasteiger partial charge in [0, 0.05) is 12.7 Å². The normalized spacial score (nSPS) is 12.4. The van der Waals surface area contributed by atoms with Crippen LogP contribution in [-0.4, -0.2) is 12.2 Å². The van der Waals surface area contributed by atoms with Gasteiger partial charge in [-0.1, -0.05) is 59.6 Å². The Bertz CT molecular complexity index is 570. The van der Waals surface area contributed by atoms with Crippen LogP contribution in [0.2, 0.25) is 10.0 Å². The summed E-state index contributed by atoms with van der Waals surface area (Å²) in [6.07, 6.45) is -0.803. The number of methoxy groups -OCH3 is 1. The van der Waals surface area contributed by atoms with E-state index in [-0.39, 0.29) is 0 Å². The number of benzene rings is 2. The second-order valence-electron chi connectivity index (χ2n) is 4.22. The minimum absolute atomic E-state index is 0.383. The van der Waals surface area contributed by atoms with Crippen molar-refractivity contribution in [2.24, 2.45) is 0 Å². The highest BCUT2D eigenvalue weighted by Gasteiger charge is 2.15. The van der Waals surface area contributed by atoms with Gasteiger partial charge in [-0.05, 0) is 17.2 Å². The molecule has 2 aromatic carbocycles. The molecule has 0 heterocycles. The van der Waals surface area contributed by atoms with E-state index >= 15 is 0 Å². The first-order chi connectivity index (χ1) is 9.13. The van der Waals surface area contributed by atoms with E-state index in [0.29, 0.717) is 22.2 Å². The van der Waals surface area contributed by atoms with E-state index in [0.717, 1.165) is 11.1 Å². The van der Waals surface area contributed by atoms with E-state index in [4.69, 9.17) is 27.9 Å². The van der Waals surface area contributed by atoms with Crippen molar-refractivity contribution in [2.75, 3.05) is 7.11 Å². The Kier molecular flexibility index (Phi) is 4.83. The number of aliphatic hydroxyl groups excluding tert-OH is 1. The summed E-state index contributed by atoms with van der Waals surface area (Å²) in [5.74, 6) is 0. The lowest BCUT2D eigenvalue weighted by Gasteiger charge is -2.15. The average molecular weight is 297 g/mol. The van der Waals surface area contributed by atoms with Crippen molar-refractivity contribution in [1.82, 2.24) is 0 Å². The molecule has 0 fully saturated rings. The van der Waals surface area contributed by atoms with Gasteiger partial charge in [-0.3, -0.25) is 0 Å². The largest absolute Gasteiger partial charge is 0.384 e. The maximum atomic E-state index is 10.4. The van der Waals surface area contributed by atoms with Crippen LogP contribution >= 0.6 is 23.2 Å². The number of hydrogen-bond acceptors (Lipinski definition) is 2. The minimum atomic E-state index is -0.803. The fraction of sp³-hybridized carbons (Fsp3) is 0.200. The molecule has 0 amide bonds. The van der Waals surface area contributed by atoms with Crippen LogP contribution in [0.25, 0.3) is 0 Å². The Morgan fingerprint density at radius 1 is 1.16 bits per heavy atom. The summed E-state index contributed by atoms with van der Waals surface area (Å²) in [5, 5.41) is 11.2. The SMILES string of the molecule is COCc1cccc(C(O)c2cccc(Cl)c2Cl)c1. The molecule has 1 unspecified atom stereocenters. The number of aliphatic hydroxyl groups is 1. The predicted molar refractivity (Wildman–Crippen MR) is 77.7 cm³/mol. The quantitative estimate of drug-likeness (QED) is 0.915. The van der Waals surface area contributed by atoms with Crippen LogP contribution in [0.5, 0.6) is 0 Å². The molecule has 19 heavy (non-hydrogen) atoms. The highest BCUT2D eigenvalue weighted by atomic mass is 35.5. The van der Waals surface area contributed by atoms with Crippen LogP contribution in [0, 0.1) is 0 Å². The molecular formula is C15H14Cl2O2. The molecule has 0 spiro atoms. The number of rotatable bonds is 4. The molecule has 0 aliphatic heterocycles. The summed E-state index contributed by atoms with van der Waals surface area (Å²) in [6, 6.07) is 12.8. The Hall–Kier alpha value is -1.06. The molecule has 0 bridgehead atoms. The molecule has 100 valence electrons. The first kappa shape index (κ1) is 14.4. The van der Waals surface area contributed by atoms with Crippen LogP contribution in [0.3, 0.4) is 0 Å². The Morgan fingerprint density at radius 3 is 2.63 bits per heavy atom. The van der Waals surface area contributed by atoms with Crippen LogP contribution in [0.1, 0.15) is 22.8 Å². The zero-order valence-corrected chi connectivity index (χ0v) is 11.9. The van der Waals surface area contributed by atoms with Crippen molar-refractivity contribution >= 4 is 23.2 Å². The van der Waals surface area contributed by atoms with Crippen LogP contribution in [0.4, 0.5) is 0 Å². The van der Waals surface area contributed by atoms with Crippen molar-refractivity contribution in [3.05, 3.63) is 69.2 Å². The van der Waals surface area contributed by atoms with Crippen LogP contribution < -0.4 is 0 Å². The van der Waals surface area contributed by atoms with Gasteiger partial charge in [0.25, 0.3) is 0 Å². The smallest absolute Gasteiger partial charge is 0.106 e. The molecule has 0 aromatic heterocycles. The van der Waals surface area contributed by atoms with Crippen molar-refractivity contribution in [3.8, 4) is 0 Å². The molecule has 0 saturated carbocycles. The number of hydrogen-bond donors (Lipinski definition) is 1. The van der Waals surface area contributed by atoms with Crippen LogP contribution in [0.15, 0.2) is 42.5 Å². The van der Waals surface area contributed by atoms with Crippen molar-refractivity contribution in [2.45, 2.75) is 12.7 Å². The van der Waals surface area contributed by atoms with Gasteiger partial charge in [0.05, 0.1) is 16.7 Å². The van der Waals surface area contributed by atoms with Gasteiger partial charge in [-0.2, -0.15) is 0 Å². The van der Waals surface area contributed by atoms with E-state index < -0.39 is 6.10 Å². The molecule has 0 aliphatic rings. The summed E-state index contributed by atoms with van der Waals surface area (Å²) in [6.45, 7) is 0.504. The maximum absolute atomic E-state index is 10.4. The van der Waals surface area contributed by atoms with Gasteiger partial charge in [0.2, 0.25) is 0 Å². The van der Waals surface area contributed by atoms with Gasteiger partial charge in [-0.15, -0.1) is 0 Å². The Morgan fingerprint density at radius 2 is 1.89 bits per heavy atom.